The van der Waals surface area contributed by atoms with E-state index in [2.05, 4.69) is 52.9 Å². The topological polar surface area (TPSA) is 60.3 Å². The number of likely N-dealkylation sites (tertiary alicyclic amines) is 1. The summed E-state index contributed by atoms with van der Waals surface area (Å²) in [5, 5.41) is 9.56. The zero-order chi connectivity index (χ0) is 23.0. The van der Waals surface area contributed by atoms with Crippen LogP contribution in [0.3, 0.4) is 0 Å². The van der Waals surface area contributed by atoms with Crippen molar-refractivity contribution in [1.82, 2.24) is 19.7 Å². The van der Waals surface area contributed by atoms with Crippen molar-refractivity contribution in [1.29, 1.82) is 0 Å². The molecule has 2 heterocycles. The van der Waals surface area contributed by atoms with Gasteiger partial charge in [-0.15, -0.1) is 10.2 Å². The number of nitrogens with zero attached hydrogens (tertiary/aromatic N) is 4. The molecule has 1 aliphatic rings. The van der Waals surface area contributed by atoms with E-state index in [1.807, 2.05) is 35.2 Å². The van der Waals surface area contributed by atoms with Gasteiger partial charge in [-0.2, -0.15) is 0 Å². The molecule has 3 aromatic rings. The van der Waals surface area contributed by atoms with Crippen LogP contribution >= 0.6 is 11.8 Å². The molecule has 0 atom stereocenters. The van der Waals surface area contributed by atoms with Crippen LogP contribution in [0.4, 0.5) is 0 Å². The van der Waals surface area contributed by atoms with Gasteiger partial charge in [-0.25, -0.2) is 0 Å². The molecule has 1 amide bonds. The van der Waals surface area contributed by atoms with Crippen LogP contribution in [0.1, 0.15) is 43.6 Å². The van der Waals surface area contributed by atoms with E-state index in [-0.39, 0.29) is 5.91 Å². The van der Waals surface area contributed by atoms with Crippen molar-refractivity contribution in [2.24, 2.45) is 5.92 Å². The van der Waals surface area contributed by atoms with Gasteiger partial charge in [0.2, 0.25) is 5.91 Å². The average molecular weight is 465 g/mol. The molecule has 4 rings (SSSR count). The molecule has 1 aliphatic heterocycles. The molecule has 0 radical (unpaired) electrons. The number of ether oxygens (including phenoxy) is 1. The number of carbonyl (C=O) groups is 1. The summed E-state index contributed by atoms with van der Waals surface area (Å²) < 4.78 is 8.07. The predicted octanol–water partition coefficient (Wildman–Crippen LogP) is 4.82. The Morgan fingerprint density at radius 2 is 1.76 bits per heavy atom. The fourth-order valence-electron chi connectivity index (χ4n) is 3.90. The molecule has 0 unspecified atom stereocenters. The first-order chi connectivity index (χ1) is 16.1. The number of aryl methyl sites for hydroxylation is 1. The fourth-order valence-corrected chi connectivity index (χ4v) is 4.76. The fraction of sp³-hybridized carbons (Fsp3) is 0.423. The van der Waals surface area contributed by atoms with Gasteiger partial charge in [0.1, 0.15) is 12.4 Å². The molecule has 0 spiro atoms. The molecule has 0 N–H and O–H groups in total. The van der Waals surface area contributed by atoms with E-state index >= 15 is 0 Å². The molecule has 0 saturated carbocycles. The van der Waals surface area contributed by atoms with Gasteiger partial charge in [-0.1, -0.05) is 68.1 Å². The number of benzene rings is 2. The zero-order valence-corrected chi connectivity index (χ0v) is 20.3. The van der Waals surface area contributed by atoms with Crippen LogP contribution in [0.25, 0.3) is 0 Å². The summed E-state index contributed by atoms with van der Waals surface area (Å²) in [7, 11) is 0. The van der Waals surface area contributed by atoms with E-state index in [1.165, 1.54) is 17.3 Å². The van der Waals surface area contributed by atoms with Gasteiger partial charge in [0.05, 0.1) is 12.3 Å². The Labute approximate surface area is 200 Å². The van der Waals surface area contributed by atoms with Crippen LogP contribution in [0, 0.1) is 5.92 Å². The summed E-state index contributed by atoms with van der Waals surface area (Å²) >= 11 is 1.46. The van der Waals surface area contributed by atoms with E-state index < -0.39 is 0 Å². The van der Waals surface area contributed by atoms with Gasteiger partial charge in [-0.05, 0) is 48.4 Å². The molecule has 6 nitrogen and oxygen atoms in total. The van der Waals surface area contributed by atoms with Gasteiger partial charge < -0.3 is 9.64 Å². The Morgan fingerprint density at radius 3 is 2.45 bits per heavy atom. The minimum absolute atomic E-state index is 0.176. The summed E-state index contributed by atoms with van der Waals surface area (Å²) in [6, 6.07) is 18.4. The third-order valence-electron chi connectivity index (χ3n) is 6.14. The maximum atomic E-state index is 12.7. The smallest absolute Gasteiger partial charge is 0.233 e. The van der Waals surface area contributed by atoms with Gasteiger partial charge >= 0.3 is 0 Å². The Kier molecular flexibility index (Phi) is 8.05. The van der Waals surface area contributed by atoms with E-state index in [0.717, 1.165) is 54.6 Å². The molecule has 2 aromatic carbocycles. The van der Waals surface area contributed by atoms with Crippen molar-refractivity contribution in [3.63, 3.8) is 0 Å². The third kappa shape index (κ3) is 6.38. The lowest BCUT2D eigenvalue weighted by molar-refractivity contribution is -0.129. The number of piperidine rings is 1. The second-order valence-corrected chi connectivity index (χ2v) is 9.55. The van der Waals surface area contributed by atoms with Gasteiger partial charge in [0.25, 0.3) is 0 Å². The molecule has 0 bridgehead atoms. The third-order valence-corrected chi connectivity index (χ3v) is 7.09. The van der Waals surface area contributed by atoms with Crippen LogP contribution < -0.4 is 4.74 Å². The Bertz CT molecular complexity index is 1030. The first kappa shape index (κ1) is 23.4. The monoisotopic (exact) mass is 464 g/mol. The molecule has 33 heavy (non-hydrogen) atoms. The van der Waals surface area contributed by atoms with Crippen LogP contribution in [0.15, 0.2) is 59.8 Å². The molecule has 1 aromatic heterocycles. The maximum absolute atomic E-state index is 12.7. The normalized spacial score (nSPS) is 14.4. The van der Waals surface area contributed by atoms with E-state index in [4.69, 9.17) is 4.74 Å². The lowest BCUT2D eigenvalue weighted by Gasteiger charge is -2.30. The van der Waals surface area contributed by atoms with Gasteiger partial charge in [-0.3, -0.25) is 9.36 Å². The highest BCUT2D eigenvalue weighted by atomic mass is 32.2. The van der Waals surface area contributed by atoms with E-state index in [0.29, 0.717) is 24.8 Å². The second-order valence-electron chi connectivity index (χ2n) is 8.61. The Balaban J connectivity index is 1.45. The standard InChI is InChI=1S/C26H32N4O2S/c1-3-21-9-11-23(12-10-21)32-18-24-27-28-26(30(24)17-22-7-5-4-6-8-22)33-19-25(31)29-15-13-20(2)14-16-29/h4-12,20H,3,13-19H2,1-2H3. The first-order valence-corrected chi connectivity index (χ1v) is 12.7. The Morgan fingerprint density at radius 1 is 1.03 bits per heavy atom. The first-order valence-electron chi connectivity index (χ1n) is 11.7. The SMILES string of the molecule is CCc1ccc(OCc2nnc(SCC(=O)N3CCC(C)CC3)n2Cc2ccccc2)cc1. The minimum Gasteiger partial charge on any atom is -0.486 e. The number of amides is 1. The predicted molar refractivity (Wildman–Crippen MR) is 131 cm³/mol. The lowest BCUT2D eigenvalue weighted by atomic mass is 9.99. The highest BCUT2D eigenvalue weighted by molar-refractivity contribution is 7.99. The number of rotatable bonds is 9. The number of hydrogen-bond acceptors (Lipinski definition) is 5. The molecule has 7 heteroatoms. The summed E-state index contributed by atoms with van der Waals surface area (Å²) in [5.74, 6) is 2.82. The van der Waals surface area contributed by atoms with E-state index in [9.17, 15) is 4.79 Å². The molecule has 1 fully saturated rings. The Hall–Kier alpha value is -2.80. The van der Waals surface area contributed by atoms with Gasteiger partial charge in [0, 0.05) is 13.1 Å². The van der Waals surface area contributed by atoms with Crippen molar-refractivity contribution in [2.45, 2.75) is 51.4 Å². The second kappa shape index (κ2) is 11.4. The molecule has 1 saturated heterocycles. The molecule has 0 aliphatic carbocycles. The molecule has 174 valence electrons. The average Bonchev–Trinajstić information content (AvgIpc) is 3.23. The summed E-state index contributed by atoms with van der Waals surface area (Å²) in [5.41, 5.74) is 2.44. The van der Waals surface area contributed by atoms with Crippen molar-refractivity contribution < 1.29 is 9.53 Å². The highest BCUT2D eigenvalue weighted by Gasteiger charge is 2.22. The largest absolute Gasteiger partial charge is 0.486 e. The van der Waals surface area contributed by atoms with Crippen LogP contribution in [-0.2, 0) is 24.4 Å². The van der Waals surface area contributed by atoms with Crippen molar-refractivity contribution in [3.05, 3.63) is 71.5 Å². The van der Waals surface area contributed by atoms with E-state index in [1.54, 1.807) is 0 Å². The lowest BCUT2D eigenvalue weighted by Crippen LogP contribution is -2.38. The number of hydrogen-bond donors (Lipinski definition) is 0. The van der Waals surface area contributed by atoms with Crippen LogP contribution in [0.2, 0.25) is 0 Å². The zero-order valence-electron chi connectivity index (χ0n) is 19.4. The number of aromatic nitrogens is 3. The summed E-state index contributed by atoms with van der Waals surface area (Å²) in [4.78, 5) is 14.7. The number of carbonyl (C=O) groups excluding carboxylic acids is 1. The maximum Gasteiger partial charge on any atom is 0.233 e. The summed E-state index contributed by atoms with van der Waals surface area (Å²) in [6.07, 6.45) is 3.17. The highest BCUT2D eigenvalue weighted by Crippen LogP contribution is 2.23. The molecular formula is C26H32N4O2S. The molecular weight excluding hydrogens is 432 g/mol. The summed E-state index contributed by atoms with van der Waals surface area (Å²) in [6.45, 7) is 7.06. The number of thioether (sulfide) groups is 1. The quantitative estimate of drug-likeness (QED) is 0.425. The minimum atomic E-state index is 0.176. The van der Waals surface area contributed by atoms with Gasteiger partial charge in [0.15, 0.2) is 11.0 Å². The van der Waals surface area contributed by atoms with Crippen LogP contribution in [-0.4, -0.2) is 44.4 Å². The van der Waals surface area contributed by atoms with Crippen molar-refractivity contribution >= 4 is 17.7 Å². The van der Waals surface area contributed by atoms with Crippen LogP contribution in [0.5, 0.6) is 5.75 Å². The van der Waals surface area contributed by atoms with Crippen molar-refractivity contribution in [3.8, 4) is 5.75 Å². The van der Waals surface area contributed by atoms with Crippen molar-refractivity contribution in [2.75, 3.05) is 18.8 Å².